The van der Waals surface area contributed by atoms with Crippen molar-refractivity contribution in [2.75, 3.05) is 37.0 Å². The van der Waals surface area contributed by atoms with Crippen LogP contribution < -0.4 is 15.0 Å². The summed E-state index contributed by atoms with van der Waals surface area (Å²) < 4.78 is 5.87. The van der Waals surface area contributed by atoms with Crippen molar-refractivity contribution in [3.63, 3.8) is 0 Å². The molecule has 0 bridgehead atoms. The summed E-state index contributed by atoms with van der Waals surface area (Å²) >= 11 is 7.44. The van der Waals surface area contributed by atoms with Crippen molar-refractivity contribution in [2.24, 2.45) is 0 Å². The largest absolute Gasteiger partial charge is 0.457 e. The van der Waals surface area contributed by atoms with Gasteiger partial charge in [0.1, 0.15) is 23.4 Å². The summed E-state index contributed by atoms with van der Waals surface area (Å²) in [5.41, 5.74) is 0.595. The number of halogens is 1. The highest BCUT2D eigenvalue weighted by molar-refractivity contribution is 7.10. The van der Waals surface area contributed by atoms with Gasteiger partial charge in [0, 0.05) is 36.7 Å². The molecule has 166 valence electrons. The molecular formula is C24H24ClN3O3S. The van der Waals surface area contributed by atoms with Gasteiger partial charge in [-0.1, -0.05) is 24.3 Å². The van der Waals surface area contributed by atoms with Gasteiger partial charge in [-0.3, -0.25) is 14.5 Å². The average molecular weight is 470 g/mol. The zero-order chi connectivity index (χ0) is 22.3. The lowest BCUT2D eigenvalue weighted by Gasteiger charge is -2.36. The number of nitrogens with zero attached hydrogens (tertiary/aromatic N) is 2. The number of nitrogens with one attached hydrogen (secondary N) is 1. The van der Waals surface area contributed by atoms with Gasteiger partial charge in [-0.05, 0) is 47.8 Å². The van der Waals surface area contributed by atoms with E-state index in [1.165, 1.54) is 16.2 Å². The zero-order valence-corrected chi connectivity index (χ0v) is 19.0. The smallest absolute Gasteiger partial charge is 0.251 e. The summed E-state index contributed by atoms with van der Waals surface area (Å²) in [5, 5.41) is 5.17. The summed E-state index contributed by atoms with van der Waals surface area (Å²) in [5.74, 6) is 0.708. The van der Waals surface area contributed by atoms with Gasteiger partial charge in [-0.15, -0.1) is 22.9 Å². The first-order valence-corrected chi connectivity index (χ1v) is 11.8. The van der Waals surface area contributed by atoms with Crippen molar-refractivity contribution in [3.05, 3.63) is 77.0 Å². The first kappa shape index (κ1) is 22.3. The minimum Gasteiger partial charge on any atom is -0.457 e. The third-order valence-corrected chi connectivity index (χ3v) is 6.36. The molecule has 1 aliphatic heterocycles. The van der Waals surface area contributed by atoms with E-state index >= 15 is 0 Å². The van der Waals surface area contributed by atoms with Gasteiger partial charge >= 0.3 is 0 Å². The van der Waals surface area contributed by atoms with E-state index < -0.39 is 6.04 Å². The summed E-state index contributed by atoms with van der Waals surface area (Å²) in [6.45, 7) is 2.68. The molecule has 1 unspecified atom stereocenters. The Bertz CT molecular complexity index is 1020. The maximum atomic E-state index is 13.6. The molecule has 2 amide bonds. The second-order valence-electron chi connectivity index (χ2n) is 7.30. The molecule has 6 nitrogen and oxygen atoms in total. The molecule has 1 atom stereocenters. The number of alkyl halides is 1. The van der Waals surface area contributed by atoms with Gasteiger partial charge in [0.25, 0.3) is 5.91 Å². The highest BCUT2D eigenvalue weighted by Crippen LogP contribution is 2.34. The predicted molar refractivity (Wildman–Crippen MR) is 128 cm³/mol. The molecule has 0 spiro atoms. The lowest BCUT2D eigenvalue weighted by Crippen LogP contribution is -2.52. The standard InChI is InChI=1S/C24H24ClN3O3S/c25-17-22(29)28(18-8-10-20(11-9-18)31-19-5-2-1-3-6-19)23(21-7-4-16-32-21)24(30)27-14-12-26-13-15-27/h1-11,16,23,26H,12-15,17H2. The Balaban J connectivity index is 1.65. The van der Waals surface area contributed by atoms with Crippen LogP contribution in [-0.4, -0.2) is 48.8 Å². The van der Waals surface area contributed by atoms with E-state index in [0.717, 1.165) is 23.7 Å². The van der Waals surface area contributed by atoms with Gasteiger partial charge in [-0.2, -0.15) is 0 Å². The van der Waals surface area contributed by atoms with Crippen molar-refractivity contribution in [1.29, 1.82) is 0 Å². The molecule has 2 heterocycles. The SMILES string of the molecule is O=C(C(c1cccs1)N(C(=O)CCl)c1ccc(Oc2ccccc2)cc1)N1CCNCC1. The second-order valence-corrected chi connectivity index (χ2v) is 8.55. The Morgan fingerprint density at radius 3 is 2.31 bits per heavy atom. The molecule has 3 aromatic rings. The molecule has 1 N–H and O–H groups in total. The Hall–Kier alpha value is -2.87. The molecule has 4 rings (SSSR count). The van der Waals surface area contributed by atoms with Crippen LogP contribution in [0.2, 0.25) is 0 Å². The fourth-order valence-electron chi connectivity index (χ4n) is 3.67. The predicted octanol–water partition coefficient (Wildman–Crippen LogP) is 4.29. The Morgan fingerprint density at radius 2 is 1.69 bits per heavy atom. The van der Waals surface area contributed by atoms with Crippen LogP contribution in [0.3, 0.4) is 0 Å². The molecule has 1 aromatic heterocycles. The van der Waals surface area contributed by atoms with Gasteiger partial charge in [0.15, 0.2) is 0 Å². The van der Waals surface area contributed by atoms with E-state index in [4.69, 9.17) is 16.3 Å². The van der Waals surface area contributed by atoms with Crippen molar-refractivity contribution in [2.45, 2.75) is 6.04 Å². The second kappa shape index (κ2) is 10.6. The van der Waals surface area contributed by atoms with Crippen LogP contribution in [0.15, 0.2) is 72.1 Å². The highest BCUT2D eigenvalue weighted by Gasteiger charge is 2.36. The molecular weight excluding hydrogens is 446 g/mol. The number of thiophene rings is 1. The lowest BCUT2D eigenvalue weighted by molar-refractivity contribution is -0.135. The van der Waals surface area contributed by atoms with Crippen LogP contribution in [0, 0.1) is 0 Å². The van der Waals surface area contributed by atoms with Crippen LogP contribution in [-0.2, 0) is 9.59 Å². The summed E-state index contributed by atoms with van der Waals surface area (Å²) in [4.78, 5) is 30.7. The number of ether oxygens (including phenoxy) is 1. The number of hydrogen-bond acceptors (Lipinski definition) is 5. The van der Waals surface area contributed by atoms with Crippen LogP contribution in [0.25, 0.3) is 0 Å². The lowest BCUT2D eigenvalue weighted by atomic mass is 10.1. The number of amides is 2. The quantitative estimate of drug-likeness (QED) is 0.524. The molecule has 0 aliphatic carbocycles. The first-order valence-electron chi connectivity index (χ1n) is 10.4. The molecule has 1 aliphatic rings. The Labute approximate surface area is 196 Å². The van der Waals surface area contributed by atoms with E-state index in [1.54, 1.807) is 24.3 Å². The van der Waals surface area contributed by atoms with Gasteiger partial charge in [0.05, 0.1) is 0 Å². The molecule has 0 saturated carbocycles. The monoisotopic (exact) mass is 469 g/mol. The number of hydrogen-bond donors (Lipinski definition) is 1. The van der Waals surface area contributed by atoms with Crippen LogP contribution in [0.5, 0.6) is 11.5 Å². The third kappa shape index (κ3) is 5.12. The number of piperazine rings is 1. The number of anilines is 1. The third-order valence-electron chi connectivity index (χ3n) is 5.21. The van der Waals surface area contributed by atoms with Crippen LogP contribution in [0.1, 0.15) is 10.9 Å². The van der Waals surface area contributed by atoms with E-state index in [2.05, 4.69) is 5.32 Å². The molecule has 2 aromatic carbocycles. The molecule has 8 heteroatoms. The number of carbonyl (C=O) groups is 2. The fraction of sp³-hybridized carbons (Fsp3) is 0.250. The molecule has 0 radical (unpaired) electrons. The van der Waals surface area contributed by atoms with Crippen LogP contribution in [0.4, 0.5) is 5.69 Å². The van der Waals surface area contributed by atoms with Crippen molar-refractivity contribution in [1.82, 2.24) is 10.2 Å². The van der Waals surface area contributed by atoms with E-state index in [9.17, 15) is 9.59 Å². The fourth-order valence-corrected chi connectivity index (χ4v) is 4.60. The zero-order valence-electron chi connectivity index (χ0n) is 17.4. The number of para-hydroxylation sites is 1. The molecule has 1 saturated heterocycles. The molecule has 1 fully saturated rings. The van der Waals surface area contributed by atoms with Crippen LogP contribution >= 0.6 is 22.9 Å². The minimum absolute atomic E-state index is 0.1000. The van der Waals surface area contributed by atoms with Gasteiger partial charge in [-0.25, -0.2) is 0 Å². The maximum absolute atomic E-state index is 13.6. The van der Waals surface area contributed by atoms with E-state index in [-0.39, 0.29) is 17.7 Å². The topological polar surface area (TPSA) is 61.9 Å². The molecule has 32 heavy (non-hydrogen) atoms. The average Bonchev–Trinajstić information content (AvgIpc) is 3.38. The Morgan fingerprint density at radius 1 is 1.00 bits per heavy atom. The van der Waals surface area contributed by atoms with Crippen molar-refractivity contribution >= 4 is 40.4 Å². The van der Waals surface area contributed by atoms with Gasteiger partial charge in [0.2, 0.25) is 5.91 Å². The summed E-state index contributed by atoms with van der Waals surface area (Å²) in [6.07, 6.45) is 0. The van der Waals surface area contributed by atoms with E-state index in [0.29, 0.717) is 24.5 Å². The highest BCUT2D eigenvalue weighted by atomic mass is 35.5. The minimum atomic E-state index is -0.764. The first-order chi connectivity index (χ1) is 15.7. The summed E-state index contributed by atoms with van der Waals surface area (Å²) in [6, 6.07) is 19.6. The number of carbonyl (C=O) groups excluding carboxylic acids is 2. The van der Waals surface area contributed by atoms with Crippen molar-refractivity contribution < 1.29 is 14.3 Å². The Kier molecular flexibility index (Phi) is 7.42. The van der Waals surface area contributed by atoms with Gasteiger partial charge < -0.3 is 15.0 Å². The maximum Gasteiger partial charge on any atom is 0.251 e. The normalized spacial score (nSPS) is 14.6. The number of benzene rings is 2. The van der Waals surface area contributed by atoms with E-state index in [1.807, 2.05) is 52.7 Å². The van der Waals surface area contributed by atoms with Crippen molar-refractivity contribution in [3.8, 4) is 11.5 Å². The number of rotatable bonds is 7. The summed E-state index contributed by atoms with van der Waals surface area (Å²) in [7, 11) is 0.